The lowest BCUT2D eigenvalue weighted by Gasteiger charge is -2.13. The highest BCUT2D eigenvalue weighted by molar-refractivity contribution is 6.04. The van der Waals surface area contributed by atoms with E-state index in [1.165, 1.54) is 0 Å². The molecule has 0 saturated carbocycles. The topological polar surface area (TPSA) is 58.2 Å². The van der Waals surface area contributed by atoms with Crippen LogP contribution in [0.5, 0.6) is 0 Å². The lowest BCUT2D eigenvalue weighted by molar-refractivity contribution is -0.127. The van der Waals surface area contributed by atoms with Gasteiger partial charge in [-0.1, -0.05) is 25.1 Å². The second kappa shape index (κ2) is 6.92. The molecular formula is C15H22N2O2. The van der Waals surface area contributed by atoms with E-state index in [1.807, 2.05) is 45.9 Å². The van der Waals surface area contributed by atoms with Crippen LogP contribution in [0.4, 0.5) is 5.69 Å². The number of benzene rings is 1. The van der Waals surface area contributed by atoms with Gasteiger partial charge in [0.15, 0.2) is 0 Å². The lowest BCUT2D eigenvalue weighted by Crippen LogP contribution is -2.33. The van der Waals surface area contributed by atoms with E-state index >= 15 is 0 Å². The predicted octanol–water partition coefficient (Wildman–Crippen LogP) is 2.41. The first-order valence-corrected chi connectivity index (χ1v) is 6.61. The second-order valence-corrected chi connectivity index (χ2v) is 4.91. The molecule has 0 fully saturated rings. The first-order chi connectivity index (χ1) is 8.93. The van der Waals surface area contributed by atoms with Crippen LogP contribution in [0.3, 0.4) is 0 Å². The van der Waals surface area contributed by atoms with Gasteiger partial charge in [0.2, 0.25) is 11.8 Å². The largest absolute Gasteiger partial charge is 0.353 e. The Labute approximate surface area is 114 Å². The van der Waals surface area contributed by atoms with Crippen LogP contribution >= 0.6 is 0 Å². The lowest BCUT2D eigenvalue weighted by atomic mass is 10.1. The molecule has 1 rings (SSSR count). The molecule has 2 amide bonds. The molecule has 0 aliphatic rings. The molecule has 0 spiro atoms. The Hall–Kier alpha value is -1.84. The van der Waals surface area contributed by atoms with Crippen LogP contribution in [0.25, 0.3) is 0 Å². The van der Waals surface area contributed by atoms with E-state index in [9.17, 15) is 9.59 Å². The molecule has 0 radical (unpaired) electrons. The molecule has 4 nitrogen and oxygen atoms in total. The number of hydrogen-bond acceptors (Lipinski definition) is 2. The number of nitrogens with one attached hydrogen (secondary N) is 2. The molecule has 0 unspecified atom stereocenters. The fraction of sp³-hybridized carbons (Fsp3) is 0.467. The maximum absolute atomic E-state index is 11.9. The molecule has 0 aliphatic heterocycles. The molecule has 0 saturated heterocycles. The van der Waals surface area contributed by atoms with E-state index in [0.29, 0.717) is 0 Å². The van der Waals surface area contributed by atoms with Crippen LogP contribution in [-0.4, -0.2) is 17.9 Å². The van der Waals surface area contributed by atoms with Crippen molar-refractivity contribution in [3.8, 4) is 0 Å². The SMILES string of the molecule is CCc1cccc(C)c1NC(=O)CC(=O)NC(C)C. The summed E-state index contributed by atoms with van der Waals surface area (Å²) in [5, 5.41) is 5.54. The van der Waals surface area contributed by atoms with Gasteiger partial charge in [0.05, 0.1) is 0 Å². The van der Waals surface area contributed by atoms with E-state index in [1.54, 1.807) is 0 Å². The van der Waals surface area contributed by atoms with Crippen molar-refractivity contribution in [3.63, 3.8) is 0 Å². The van der Waals surface area contributed by atoms with E-state index < -0.39 is 0 Å². The summed E-state index contributed by atoms with van der Waals surface area (Å²) in [6.07, 6.45) is 0.700. The van der Waals surface area contributed by atoms with E-state index in [0.717, 1.165) is 23.2 Å². The van der Waals surface area contributed by atoms with Crippen LogP contribution < -0.4 is 10.6 Å². The molecular weight excluding hydrogens is 240 g/mol. The number of amides is 2. The number of hydrogen-bond donors (Lipinski definition) is 2. The quantitative estimate of drug-likeness (QED) is 0.801. The number of aryl methyl sites for hydroxylation is 2. The van der Waals surface area contributed by atoms with Gasteiger partial charge >= 0.3 is 0 Å². The van der Waals surface area contributed by atoms with Crippen LogP contribution in [0.15, 0.2) is 18.2 Å². The van der Waals surface area contributed by atoms with Crippen molar-refractivity contribution in [1.82, 2.24) is 5.32 Å². The third-order valence-corrected chi connectivity index (χ3v) is 2.78. The second-order valence-electron chi connectivity index (χ2n) is 4.91. The first kappa shape index (κ1) is 15.2. The summed E-state index contributed by atoms with van der Waals surface area (Å²) in [5.41, 5.74) is 2.92. The molecule has 0 atom stereocenters. The fourth-order valence-corrected chi connectivity index (χ4v) is 1.90. The molecule has 104 valence electrons. The van der Waals surface area contributed by atoms with Gasteiger partial charge in [0.25, 0.3) is 0 Å². The standard InChI is InChI=1S/C15H22N2O2/c1-5-12-8-6-7-11(4)15(12)17-14(19)9-13(18)16-10(2)3/h6-8,10H,5,9H2,1-4H3,(H,16,18)(H,17,19). The number of carbonyl (C=O) groups is 2. The van der Waals surface area contributed by atoms with Crippen molar-refractivity contribution >= 4 is 17.5 Å². The predicted molar refractivity (Wildman–Crippen MR) is 77.1 cm³/mol. The summed E-state index contributed by atoms with van der Waals surface area (Å²) in [7, 11) is 0. The maximum Gasteiger partial charge on any atom is 0.233 e. The summed E-state index contributed by atoms with van der Waals surface area (Å²) < 4.78 is 0. The summed E-state index contributed by atoms with van der Waals surface area (Å²) in [6, 6.07) is 5.94. The van der Waals surface area contributed by atoms with Crippen LogP contribution in [0, 0.1) is 6.92 Å². The first-order valence-electron chi connectivity index (χ1n) is 6.61. The number of carbonyl (C=O) groups excluding carboxylic acids is 2. The van der Waals surface area contributed by atoms with Gasteiger partial charge in [-0.25, -0.2) is 0 Å². The highest BCUT2D eigenvalue weighted by Crippen LogP contribution is 2.21. The van der Waals surface area contributed by atoms with Crippen molar-refractivity contribution < 1.29 is 9.59 Å². The minimum Gasteiger partial charge on any atom is -0.353 e. The van der Waals surface area contributed by atoms with Crippen molar-refractivity contribution in [3.05, 3.63) is 29.3 Å². The van der Waals surface area contributed by atoms with Crippen LogP contribution in [-0.2, 0) is 16.0 Å². The maximum atomic E-state index is 11.9. The van der Waals surface area contributed by atoms with Gasteiger partial charge in [0.1, 0.15) is 6.42 Å². The molecule has 4 heteroatoms. The van der Waals surface area contributed by atoms with Gasteiger partial charge in [-0.2, -0.15) is 0 Å². The zero-order chi connectivity index (χ0) is 14.4. The highest BCUT2D eigenvalue weighted by atomic mass is 16.2. The normalized spacial score (nSPS) is 10.4. The highest BCUT2D eigenvalue weighted by Gasteiger charge is 2.13. The smallest absolute Gasteiger partial charge is 0.233 e. The number of anilines is 1. The van der Waals surface area contributed by atoms with E-state index in [4.69, 9.17) is 0 Å². The van der Waals surface area contributed by atoms with Crippen LogP contribution in [0.1, 0.15) is 38.3 Å². The minimum atomic E-state index is -0.276. The molecule has 1 aromatic carbocycles. The minimum absolute atomic E-state index is 0.0463. The Balaban J connectivity index is 2.70. The Bertz CT molecular complexity index is 467. The Morgan fingerprint density at radius 1 is 1.21 bits per heavy atom. The average molecular weight is 262 g/mol. The molecule has 0 heterocycles. The summed E-state index contributed by atoms with van der Waals surface area (Å²) >= 11 is 0. The van der Waals surface area contributed by atoms with Gasteiger partial charge < -0.3 is 10.6 Å². The van der Waals surface area contributed by atoms with E-state index in [2.05, 4.69) is 10.6 Å². The molecule has 0 aliphatic carbocycles. The molecule has 2 N–H and O–H groups in total. The van der Waals surface area contributed by atoms with Gasteiger partial charge in [0, 0.05) is 11.7 Å². The Morgan fingerprint density at radius 2 is 1.89 bits per heavy atom. The van der Waals surface area contributed by atoms with Crippen molar-refractivity contribution in [2.45, 2.75) is 46.6 Å². The molecule has 0 bridgehead atoms. The molecule has 1 aromatic rings. The van der Waals surface area contributed by atoms with Crippen molar-refractivity contribution in [2.75, 3.05) is 5.32 Å². The summed E-state index contributed by atoms with van der Waals surface area (Å²) in [6.45, 7) is 7.72. The van der Waals surface area contributed by atoms with Gasteiger partial charge in [-0.3, -0.25) is 9.59 Å². The third-order valence-electron chi connectivity index (χ3n) is 2.78. The van der Waals surface area contributed by atoms with Gasteiger partial charge in [-0.05, 0) is 38.3 Å². The van der Waals surface area contributed by atoms with E-state index in [-0.39, 0.29) is 24.3 Å². The summed E-state index contributed by atoms with van der Waals surface area (Å²) in [5.74, 6) is -0.527. The summed E-state index contributed by atoms with van der Waals surface area (Å²) in [4.78, 5) is 23.4. The van der Waals surface area contributed by atoms with Crippen molar-refractivity contribution in [1.29, 1.82) is 0 Å². The zero-order valence-corrected chi connectivity index (χ0v) is 12.0. The molecule has 19 heavy (non-hydrogen) atoms. The molecule has 0 aromatic heterocycles. The fourth-order valence-electron chi connectivity index (χ4n) is 1.90. The van der Waals surface area contributed by atoms with Gasteiger partial charge in [-0.15, -0.1) is 0 Å². The van der Waals surface area contributed by atoms with Crippen LogP contribution in [0.2, 0.25) is 0 Å². The Kier molecular flexibility index (Phi) is 5.55. The zero-order valence-electron chi connectivity index (χ0n) is 12.0. The number of para-hydroxylation sites is 1. The van der Waals surface area contributed by atoms with Crippen molar-refractivity contribution in [2.24, 2.45) is 0 Å². The third kappa shape index (κ3) is 4.73. The average Bonchev–Trinajstić information content (AvgIpc) is 2.30. The monoisotopic (exact) mass is 262 g/mol. The Morgan fingerprint density at radius 3 is 2.47 bits per heavy atom. The number of rotatable bonds is 5.